The Bertz CT molecular complexity index is 455. The van der Waals surface area contributed by atoms with E-state index in [2.05, 4.69) is 5.32 Å². The fourth-order valence-electron chi connectivity index (χ4n) is 1.69. The number of hydrogen-bond acceptors (Lipinski definition) is 2. The number of carbonyl (C=O) groups excluding carboxylic acids is 1. The van der Waals surface area contributed by atoms with Crippen LogP contribution in [0, 0.1) is 9.49 Å². The highest BCUT2D eigenvalue weighted by Gasteiger charge is 2.15. The van der Waals surface area contributed by atoms with E-state index in [1.807, 2.05) is 29.5 Å². The molecule has 0 fully saturated rings. The maximum atomic E-state index is 12.1. The zero-order chi connectivity index (χ0) is 14.4. The minimum atomic E-state index is -0.190. The maximum Gasteiger partial charge on any atom is 0.252 e. The Morgan fingerprint density at radius 2 is 2.16 bits per heavy atom. The number of rotatable bonds is 6. The van der Waals surface area contributed by atoms with Crippen LogP contribution < -0.4 is 5.32 Å². The predicted octanol–water partition coefficient (Wildman–Crippen LogP) is 3.74. The van der Waals surface area contributed by atoms with E-state index in [1.54, 1.807) is 12.1 Å². The van der Waals surface area contributed by atoms with Gasteiger partial charge in [0.1, 0.15) is 0 Å². The average molecular weight is 416 g/mol. The molecule has 0 aliphatic heterocycles. The van der Waals surface area contributed by atoms with Crippen LogP contribution in [0.1, 0.15) is 30.1 Å². The Kier molecular flexibility index (Phi) is 7.42. The number of halogens is 3. The Hall–Kier alpha value is -0.0400. The van der Waals surface area contributed by atoms with Crippen LogP contribution in [-0.2, 0) is 0 Å². The third kappa shape index (κ3) is 5.10. The first-order valence-corrected chi connectivity index (χ1v) is 7.86. The molecule has 0 bridgehead atoms. The zero-order valence-electron chi connectivity index (χ0n) is 10.5. The molecule has 0 heterocycles. The first-order valence-electron chi connectivity index (χ1n) is 6.03. The van der Waals surface area contributed by atoms with Gasteiger partial charge in [0.05, 0.1) is 10.6 Å². The van der Waals surface area contributed by atoms with E-state index in [9.17, 15) is 4.79 Å². The molecule has 106 valence electrons. The van der Waals surface area contributed by atoms with Crippen molar-refractivity contribution in [3.05, 3.63) is 31.3 Å². The molecule has 1 aromatic rings. The molecule has 1 atom stereocenters. The second kappa shape index (κ2) is 8.29. The zero-order valence-corrected chi connectivity index (χ0v) is 14.2. The van der Waals surface area contributed by atoms with Crippen LogP contribution >= 0.6 is 45.8 Å². The topological polar surface area (TPSA) is 49.3 Å². The second-order valence-electron chi connectivity index (χ2n) is 4.25. The number of amides is 1. The van der Waals surface area contributed by atoms with E-state index in [1.165, 1.54) is 0 Å². The summed E-state index contributed by atoms with van der Waals surface area (Å²) in [4.78, 5) is 12.1. The van der Waals surface area contributed by atoms with Gasteiger partial charge in [0, 0.05) is 21.7 Å². The first-order chi connectivity index (χ1) is 8.99. The quantitative estimate of drug-likeness (QED) is 0.549. The number of hydrogen-bond donors (Lipinski definition) is 2. The van der Waals surface area contributed by atoms with Gasteiger partial charge >= 0.3 is 0 Å². The second-order valence-corrected chi connectivity index (χ2v) is 6.17. The maximum absolute atomic E-state index is 12.1. The molecule has 0 aliphatic carbocycles. The molecule has 19 heavy (non-hydrogen) atoms. The fourth-order valence-corrected chi connectivity index (χ4v) is 2.74. The fraction of sp³-hybridized carbons (Fsp3) is 0.462. The van der Waals surface area contributed by atoms with Gasteiger partial charge in [-0.25, -0.2) is 0 Å². The SMILES string of the molecule is CCC(CCO)CNC(=O)c1cc(Cl)cc(Cl)c1I. The first kappa shape index (κ1) is 17.0. The molecule has 1 amide bonds. The van der Waals surface area contributed by atoms with Crippen LogP contribution in [0.5, 0.6) is 0 Å². The van der Waals surface area contributed by atoms with Gasteiger partial charge < -0.3 is 10.4 Å². The van der Waals surface area contributed by atoms with Gasteiger partial charge in [-0.2, -0.15) is 0 Å². The lowest BCUT2D eigenvalue weighted by Crippen LogP contribution is -2.30. The third-order valence-electron chi connectivity index (χ3n) is 2.90. The van der Waals surface area contributed by atoms with Crippen molar-refractivity contribution in [3.63, 3.8) is 0 Å². The highest BCUT2D eigenvalue weighted by molar-refractivity contribution is 14.1. The molecular formula is C13H16Cl2INO2. The average Bonchev–Trinajstić information content (AvgIpc) is 2.38. The summed E-state index contributed by atoms with van der Waals surface area (Å²) in [7, 11) is 0. The molecule has 1 rings (SSSR count). The summed E-state index contributed by atoms with van der Waals surface area (Å²) >= 11 is 13.9. The predicted molar refractivity (Wildman–Crippen MR) is 87.0 cm³/mol. The minimum absolute atomic E-state index is 0.134. The van der Waals surface area contributed by atoms with Gasteiger partial charge in [-0.1, -0.05) is 36.5 Å². The molecule has 1 unspecified atom stereocenters. The van der Waals surface area contributed by atoms with Crippen LogP contribution in [0.15, 0.2) is 12.1 Å². The lowest BCUT2D eigenvalue weighted by Gasteiger charge is -2.15. The van der Waals surface area contributed by atoms with Crippen molar-refractivity contribution in [2.75, 3.05) is 13.2 Å². The molecule has 6 heteroatoms. The Morgan fingerprint density at radius 3 is 2.74 bits per heavy atom. The van der Waals surface area contributed by atoms with Crippen LogP contribution in [-0.4, -0.2) is 24.2 Å². The van der Waals surface area contributed by atoms with Crippen LogP contribution in [0.2, 0.25) is 10.0 Å². The van der Waals surface area contributed by atoms with E-state index in [-0.39, 0.29) is 18.4 Å². The highest BCUT2D eigenvalue weighted by Crippen LogP contribution is 2.26. The van der Waals surface area contributed by atoms with E-state index in [0.717, 1.165) is 6.42 Å². The molecule has 0 saturated heterocycles. The smallest absolute Gasteiger partial charge is 0.252 e. The van der Waals surface area contributed by atoms with Crippen molar-refractivity contribution < 1.29 is 9.90 Å². The van der Waals surface area contributed by atoms with Crippen molar-refractivity contribution in [1.29, 1.82) is 0 Å². The third-order valence-corrected chi connectivity index (χ3v) is 4.90. The van der Waals surface area contributed by atoms with Gasteiger partial charge in [0.25, 0.3) is 5.91 Å². The summed E-state index contributed by atoms with van der Waals surface area (Å²) in [6.45, 7) is 2.71. The highest BCUT2D eigenvalue weighted by atomic mass is 127. The minimum Gasteiger partial charge on any atom is -0.396 e. The summed E-state index contributed by atoms with van der Waals surface area (Å²) in [5.41, 5.74) is 0.483. The summed E-state index contributed by atoms with van der Waals surface area (Å²) in [6.07, 6.45) is 1.60. The van der Waals surface area contributed by atoms with Crippen molar-refractivity contribution in [2.45, 2.75) is 19.8 Å². The summed E-state index contributed by atoms with van der Waals surface area (Å²) in [6, 6.07) is 3.22. The van der Waals surface area contributed by atoms with E-state index in [4.69, 9.17) is 28.3 Å². The molecular weight excluding hydrogens is 400 g/mol. The molecule has 2 N–H and O–H groups in total. The van der Waals surface area contributed by atoms with Crippen molar-refractivity contribution in [2.24, 2.45) is 5.92 Å². The van der Waals surface area contributed by atoms with Gasteiger partial charge in [-0.05, 0) is 47.1 Å². The standard InChI is InChI=1S/C13H16Cl2INO2/c1-2-8(3-4-18)7-17-13(19)10-5-9(14)6-11(15)12(10)16/h5-6,8,18H,2-4,7H2,1H3,(H,17,19). The normalized spacial score (nSPS) is 12.3. The number of benzene rings is 1. The Morgan fingerprint density at radius 1 is 1.47 bits per heavy atom. The summed E-state index contributed by atoms with van der Waals surface area (Å²) in [5.74, 6) is 0.0893. The van der Waals surface area contributed by atoms with Gasteiger partial charge in [-0.3, -0.25) is 4.79 Å². The van der Waals surface area contributed by atoms with Crippen LogP contribution in [0.4, 0.5) is 0 Å². The van der Waals surface area contributed by atoms with Gasteiger partial charge in [0.15, 0.2) is 0 Å². The van der Waals surface area contributed by atoms with E-state index >= 15 is 0 Å². The summed E-state index contributed by atoms with van der Waals surface area (Å²) in [5, 5.41) is 12.7. The molecule has 0 aromatic heterocycles. The Labute approximate surface area is 136 Å². The summed E-state index contributed by atoms with van der Waals surface area (Å²) < 4.78 is 0.691. The monoisotopic (exact) mass is 415 g/mol. The largest absolute Gasteiger partial charge is 0.396 e. The van der Waals surface area contributed by atoms with Gasteiger partial charge in [-0.15, -0.1) is 0 Å². The lowest BCUT2D eigenvalue weighted by atomic mass is 10.0. The molecule has 1 aromatic carbocycles. The number of aliphatic hydroxyl groups is 1. The molecule has 0 saturated carbocycles. The van der Waals surface area contributed by atoms with E-state index in [0.29, 0.717) is 32.1 Å². The lowest BCUT2D eigenvalue weighted by molar-refractivity contribution is 0.0942. The number of nitrogens with one attached hydrogen (secondary N) is 1. The molecule has 0 spiro atoms. The van der Waals surface area contributed by atoms with E-state index < -0.39 is 0 Å². The van der Waals surface area contributed by atoms with Gasteiger partial charge in [0.2, 0.25) is 0 Å². The van der Waals surface area contributed by atoms with Crippen molar-refractivity contribution in [1.82, 2.24) is 5.32 Å². The van der Waals surface area contributed by atoms with Crippen molar-refractivity contribution in [3.8, 4) is 0 Å². The number of carbonyl (C=O) groups is 1. The van der Waals surface area contributed by atoms with Crippen LogP contribution in [0.3, 0.4) is 0 Å². The number of aliphatic hydroxyl groups excluding tert-OH is 1. The molecule has 3 nitrogen and oxygen atoms in total. The molecule has 0 aliphatic rings. The Balaban J connectivity index is 2.73. The van der Waals surface area contributed by atoms with Crippen LogP contribution in [0.25, 0.3) is 0 Å². The molecule has 0 radical (unpaired) electrons. The van der Waals surface area contributed by atoms with Crippen molar-refractivity contribution >= 4 is 51.7 Å².